The van der Waals surface area contributed by atoms with Gasteiger partial charge in [-0.05, 0) is 0 Å². The van der Waals surface area contributed by atoms with Crippen molar-refractivity contribution in [1.29, 1.82) is 0 Å². The summed E-state index contributed by atoms with van der Waals surface area (Å²) in [5, 5.41) is 8.58. The van der Waals surface area contributed by atoms with Crippen molar-refractivity contribution in [3.63, 3.8) is 0 Å². The van der Waals surface area contributed by atoms with Crippen LogP contribution in [0.2, 0.25) is 0 Å². The minimum absolute atomic E-state index is 0.597. The highest BCUT2D eigenvalue weighted by Gasteiger charge is 2.80. The van der Waals surface area contributed by atoms with E-state index in [1.807, 2.05) is 0 Å². The van der Waals surface area contributed by atoms with Crippen LogP contribution < -0.4 is 0 Å². The summed E-state index contributed by atoms with van der Waals surface area (Å²) in [6.45, 7) is -0.0103. The molecule has 0 aliphatic carbocycles. The maximum absolute atomic E-state index is 14.2. The van der Waals surface area contributed by atoms with Gasteiger partial charge in [0.2, 0.25) is 0 Å². The van der Waals surface area contributed by atoms with Crippen molar-refractivity contribution in [3.8, 4) is 0 Å². The molecule has 0 radical (unpaired) electrons. The van der Waals surface area contributed by atoms with Gasteiger partial charge >= 0.3 is 17.9 Å². The predicted molar refractivity (Wildman–Crippen MR) is 48.2 cm³/mol. The minimum atomic E-state index is -5.45. The molecule has 0 aromatic heterocycles. The van der Waals surface area contributed by atoms with E-state index in [1.165, 1.54) is 0 Å². The first-order valence-corrected chi connectivity index (χ1v) is 4.99. The van der Waals surface area contributed by atoms with Gasteiger partial charge in [-0.15, -0.1) is 0 Å². The fourth-order valence-electron chi connectivity index (χ4n) is 1.90. The summed E-state index contributed by atoms with van der Waals surface area (Å²) in [6.07, 6.45) is -5.68. The van der Waals surface area contributed by atoms with Gasteiger partial charge in [0.15, 0.2) is 6.17 Å². The van der Waals surface area contributed by atoms with E-state index in [1.54, 1.807) is 0 Å². The summed E-state index contributed by atoms with van der Waals surface area (Å²) in [4.78, 5) is 10.1. The lowest BCUT2D eigenvalue weighted by atomic mass is 9.83. The van der Waals surface area contributed by atoms with Crippen molar-refractivity contribution in [2.75, 3.05) is 6.54 Å². The van der Waals surface area contributed by atoms with Crippen molar-refractivity contribution in [3.05, 3.63) is 0 Å². The van der Waals surface area contributed by atoms with E-state index < -0.39 is 47.3 Å². The molecule has 1 aliphatic rings. The summed E-state index contributed by atoms with van der Waals surface area (Å²) in [5.41, 5.74) is 0. The maximum atomic E-state index is 14.2. The maximum Gasteiger partial charge on any atom is 0.410 e. The van der Waals surface area contributed by atoms with E-state index >= 15 is 0 Å². The standard InChI is InChI=1S/C9H11F6NO2/c1-4(2)8(13)9(14,15)7(11,12)5(10)3-16(8)6(17)18/h4-5H,3H2,1-2H3,(H,17,18). The van der Waals surface area contributed by atoms with E-state index in [9.17, 15) is 31.1 Å². The number of carbonyl (C=O) groups is 1. The van der Waals surface area contributed by atoms with Crippen LogP contribution in [0.1, 0.15) is 13.8 Å². The minimum Gasteiger partial charge on any atom is -0.465 e. The number of hydrogen-bond acceptors (Lipinski definition) is 1. The van der Waals surface area contributed by atoms with Gasteiger partial charge in [-0.25, -0.2) is 13.6 Å². The molecule has 1 aliphatic heterocycles. The summed E-state index contributed by atoms with van der Waals surface area (Å²) in [5.74, 6) is -16.7. The van der Waals surface area contributed by atoms with Crippen LogP contribution in [0.4, 0.5) is 31.1 Å². The Bertz CT molecular complexity index is 361. The van der Waals surface area contributed by atoms with Crippen molar-refractivity contribution in [1.82, 2.24) is 4.90 Å². The van der Waals surface area contributed by atoms with E-state index in [-0.39, 0.29) is 0 Å². The third kappa shape index (κ3) is 1.55. The molecule has 2 unspecified atom stereocenters. The fourth-order valence-corrected chi connectivity index (χ4v) is 1.90. The Hall–Kier alpha value is -1.15. The number of rotatable bonds is 1. The zero-order valence-electron chi connectivity index (χ0n) is 9.43. The lowest BCUT2D eigenvalue weighted by molar-refractivity contribution is -0.356. The highest BCUT2D eigenvalue weighted by molar-refractivity contribution is 5.66. The van der Waals surface area contributed by atoms with Crippen LogP contribution in [0.25, 0.3) is 0 Å². The first-order chi connectivity index (χ1) is 7.90. The Balaban J connectivity index is 3.43. The first-order valence-electron chi connectivity index (χ1n) is 4.99. The largest absolute Gasteiger partial charge is 0.465 e. The zero-order chi connectivity index (χ0) is 14.5. The van der Waals surface area contributed by atoms with Crippen molar-refractivity contribution < 1.29 is 36.2 Å². The molecule has 1 saturated heterocycles. The average molecular weight is 279 g/mol. The number of hydrogen-bond donors (Lipinski definition) is 1. The van der Waals surface area contributed by atoms with Gasteiger partial charge in [-0.3, -0.25) is 4.90 Å². The number of likely N-dealkylation sites (tertiary alicyclic amines) is 1. The Labute approximate surface area is 98.4 Å². The molecule has 0 aromatic rings. The van der Waals surface area contributed by atoms with Gasteiger partial charge in [0, 0.05) is 5.92 Å². The third-order valence-corrected chi connectivity index (χ3v) is 2.98. The second kappa shape index (κ2) is 3.92. The number of amides is 1. The lowest BCUT2D eigenvalue weighted by Gasteiger charge is -2.50. The number of piperidine rings is 1. The molecule has 0 spiro atoms. The van der Waals surface area contributed by atoms with Crippen LogP contribution in [0.5, 0.6) is 0 Å². The van der Waals surface area contributed by atoms with E-state index in [0.29, 0.717) is 0 Å². The summed E-state index contributed by atoms with van der Waals surface area (Å²) in [7, 11) is 0. The monoisotopic (exact) mass is 279 g/mol. The Morgan fingerprint density at radius 3 is 2.06 bits per heavy atom. The summed E-state index contributed by atoms with van der Waals surface area (Å²) in [6, 6.07) is 0. The molecule has 2 atom stereocenters. The van der Waals surface area contributed by atoms with Crippen LogP contribution in [-0.4, -0.2) is 46.5 Å². The van der Waals surface area contributed by atoms with Crippen LogP contribution in [-0.2, 0) is 0 Å². The molecular weight excluding hydrogens is 268 g/mol. The highest BCUT2D eigenvalue weighted by atomic mass is 19.3. The molecule has 106 valence electrons. The highest BCUT2D eigenvalue weighted by Crippen LogP contribution is 2.55. The van der Waals surface area contributed by atoms with Crippen LogP contribution in [0.15, 0.2) is 0 Å². The number of carboxylic acid groups (broad SMARTS) is 1. The Kier molecular flexibility index (Phi) is 3.25. The van der Waals surface area contributed by atoms with E-state index in [4.69, 9.17) is 5.11 Å². The quantitative estimate of drug-likeness (QED) is 0.592. The Morgan fingerprint density at radius 2 is 1.72 bits per heavy atom. The molecule has 0 aromatic carbocycles. The van der Waals surface area contributed by atoms with Crippen LogP contribution in [0, 0.1) is 5.92 Å². The van der Waals surface area contributed by atoms with Gasteiger partial charge in [0.05, 0.1) is 6.54 Å². The fraction of sp³-hybridized carbons (Fsp3) is 0.889. The normalized spacial score (nSPS) is 34.7. The van der Waals surface area contributed by atoms with Crippen molar-refractivity contribution >= 4 is 6.09 Å². The molecular formula is C9H11F6NO2. The number of alkyl halides is 6. The van der Waals surface area contributed by atoms with Gasteiger partial charge < -0.3 is 5.11 Å². The topological polar surface area (TPSA) is 40.5 Å². The summed E-state index contributed by atoms with van der Waals surface area (Å²) >= 11 is 0. The van der Waals surface area contributed by atoms with Crippen LogP contribution >= 0.6 is 0 Å². The van der Waals surface area contributed by atoms with E-state index in [0.717, 1.165) is 13.8 Å². The van der Waals surface area contributed by atoms with Gasteiger partial charge in [-0.2, -0.15) is 17.6 Å². The molecule has 1 fully saturated rings. The predicted octanol–water partition coefficient (Wildman–Crippen LogP) is 2.91. The average Bonchev–Trinajstić information content (AvgIpc) is 2.21. The molecule has 0 bridgehead atoms. The molecule has 9 heteroatoms. The van der Waals surface area contributed by atoms with Crippen molar-refractivity contribution in [2.45, 2.75) is 37.7 Å². The molecule has 1 heterocycles. The smallest absolute Gasteiger partial charge is 0.410 e. The van der Waals surface area contributed by atoms with Crippen LogP contribution in [0.3, 0.4) is 0 Å². The molecule has 3 nitrogen and oxygen atoms in total. The molecule has 1 N–H and O–H groups in total. The van der Waals surface area contributed by atoms with E-state index in [2.05, 4.69) is 0 Å². The first kappa shape index (κ1) is 14.9. The molecule has 1 rings (SSSR count). The van der Waals surface area contributed by atoms with Crippen molar-refractivity contribution in [2.24, 2.45) is 5.92 Å². The second-order valence-corrected chi connectivity index (χ2v) is 4.39. The molecule has 0 saturated carbocycles. The van der Waals surface area contributed by atoms with Gasteiger partial charge in [0.25, 0.3) is 5.79 Å². The number of nitrogens with zero attached hydrogens (tertiary/aromatic N) is 1. The second-order valence-electron chi connectivity index (χ2n) is 4.39. The number of halogens is 6. The van der Waals surface area contributed by atoms with Gasteiger partial charge in [-0.1, -0.05) is 13.8 Å². The molecule has 18 heavy (non-hydrogen) atoms. The SMILES string of the molecule is CC(C)C1(F)N(C(=O)O)CC(F)C(F)(F)C1(F)F. The van der Waals surface area contributed by atoms with Gasteiger partial charge in [0.1, 0.15) is 0 Å². The third-order valence-electron chi connectivity index (χ3n) is 2.98. The lowest BCUT2D eigenvalue weighted by Crippen LogP contribution is -2.75. The zero-order valence-corrected chi connectivity index (χ0v) is 9.43. The molecule has 1 amide bonds. The Morgan fingerprint density at radius 1 is 1.28 bits per heavy atom. The summed E-state index contributed by atoms with van der Waals surface area (Å²) < 4.78 is 80.3.